The lowest BCUT2D eigenvalue weighted by Gasteiger charge is -2.21. The van der Waals surface area contributed by atoms with Gasteiger partial charge in [-0.15, -0.1) is 0 Å². The molecule has 2 aliphatic rings. The van der Waals surface area contributed by atoms with Crippen molar-refractivity contribution in [2.75, 3.05) is 13.7 Å². The molecule has 7 nitrogen and oxygen atoms in total. The van der Waals surface area contributed by atoms with E-state index >= 15 is 0 Å². The highest BCUT2D eigenvalue weighted by atomic mass is 16.5. The van der Waals surface area contributed by atoms with Crippen molar-refractivity contribution in [2.24, 2.45) is 0 Å². The summed E-state index contributed by atoms with van der Waals surface area (Å²) in [5.41, 5.74) is 4.84. The second-order valence-electron chi connectivity index (χ2n) is 6.97. The average Bonchev–Trinajstić information content (AvgIpc) is 3.06. The Morgan fingerprint density at radius 3 is 2.73 bits per heavy atom. The molecule has 0 fully saturated rings. The summed E-state index contributed by atoms with van der Waals surface area (Å²) in [5.74, 6) is -0.579. The molecule has 0 saturated carbocycles. The largest absolute Gasteiger partial charge is 0.508 e. The molecule has 1 unspecified atom stereocenters. The molecular formula is C23H26N2O5. The molecule has 30 heavy (non-hydrogen) atoms. The molecule has 2 aromatic rings. The van der Waals surface area contributed by atoms with Crippen molar-refractivity contribution in [3.05, 3.63) is 52.2 Å². The van der Waals surface area contributed by atoms with Crippen LogP contribution in [0.4, 0.5) is 0 Å². The van der Waals surface area contributed by atoms with Crippen LogP contribution in [0, 0.1) is 0 Å². The van der Waals surface area contributed by atoms with Gasteiger partial charge >= 0.3 is 5.97 Å². The number of fused-ring (bicyclic) bond motifs is 2. The normalized spacial score (nSPS) is 19.5. The molecule has 0 bridgehead atoms. The smallest absolute Gasteiger partial charge is 0.340 e. The van der Waals surface area contributed by atoms with E-state index in [4.69, 9.17) is 9.72 Å². The number of ether oxygens (including phenoxy) is 1. The highest BCUT2D eigenvalue weighted by Gasteiger charge is 2.32. The number of carbonyl (C=O) groups is 2. The standard InChI is InChI=1S/C21H20N2O5.C2H6/c1-3-13-15-6-12(25)4-5-17(15)22-19-16(13)8-23(2)18(19)7-14-11(9-24)10-28-21(27)20(14)26;1-2/h4-7,9,20,25-26H,3,8,10H2,1-2H3;1-2H3/b18-7-;. The summed E-state index contributed by atoms with van der Waals surface area (Å²) in [4.78, 5) is 29.9. The summed E-state index contributed by atoms with van der Waals surface area (Å²) in [5, 5.41) is 21.0. The SMILES string of the molecule is CC.CCc1c2c(nc3ccc(O)cc13)/C(=C/C1=C(C=O)COC(=O)C1O)N(C)C2. The van der Waals surface area contributed by atoms with E-state index in [9.17, 15) is 19.8 Å². The van der Waals surface area contributed by atoms with Crippen LogP contribution in [0.2, 0.25) is 0 Å². The molecule has 0 saturated heterocycles. The minimum atomic E-state index is -1.50. The number of hydrogen-bond donors (Lipinski definition) is 2. The van der Waals surface area contributed by atoms with E-state index in [1.807, 2.05) is 25.8 Å². The Hall–Kier alpha value is -3.19. The monoisotopic (exact) mass is 410 g/mol. The van der Waals surface area contributed by atoms with Gasteiger partial charge in [0.25, 0.3) is 0 Å². The number of pyridine rings is 1. The van der Waals surface area contributed by atoms with Crippen LogP contribution in [0.25, 0.3) is 16.6 Å². The summed E-state index contributed by atoms with van der Waals surface area (Å²) in [7, 11) is 1.89. The zero-order valence-electron chi connectivity index (χ0n) is 17.6. The van der Waals surface area contributed by atoms with Crippen LogP contribution < -0.4 is 0 Å². The lowest BCUT2D eigenvalue weighted by molar-refractivity contribution is -0.151. The second-order valence-corrected chi connectivity index (χ2v) is 6.97. The lowest BCUT2D eigenvalue weighted by Crippen LogP contribution is -2.32. The first kappa shape index (κ1) is 21.5. The van der Waals surface area contributed by atoms with Crippen LogP contribution in [0.5, 0.6) is 5.75 Å². The number of phenols is 1. The molecule has 0 amide bonds. The van der Waals surface area contributed by atoms with E-state index in [2.05, 4.69) is 6.92 Å². The van der Waals surface area contributed by atoms with E-state index in [0.29, 0.717) is 12.8 Å². The molecule has 158 valence electrons. The van der Waals surface area contributed by atoms with Crippen molar-refractivity contribution in [3.63, 3.8) is 0 Å². The van der Waals surface area contributed by atoms with Gasteiger partial charge in [-0.2, -0.15) is 0 Å². The van der Waals surface area contributed by atoms with Gasteiger partial charge in [0.2, 0.25) is 0 Å². The van der Waals surface area contributed by atoms with Crippen molar-refractivity contribution in [2.45, 2.75) is 39.8 Å². The van der Waals surface area contributed by atoms with Gasteiger partial charge < -0.3 is 19.8 Å². The quantitative estimate of drug-likeness (QED) is 0.593. The zero-order chi connectivity index (χ0) is 22.0. The first-order chi connectivity index (χ1) is 14.4. The molecule has 2 aliphatic heterocycles. The van der Waals surface area contributed by atoms with Crippen LogP contribution in [-0.4, -0.2) is 52.1 Å². The number of aldehydes is 1. The molecule has 1 aromatic heterocycles. The molecule has 0 spiro atoms. The van der Waals surface area contributed by atoms with Crippen LogP contribution in [0.15, 0.2) is 35.4 Å². The van der Waals surface area contributed by atoms with E-state index in [0.717, 1.165) is 39.8 Å². The lowest BCUT2D eigenvalue weighted by atomic mass is 9.97. The third-order valence-corrected chi connectivity index (χ3v) is 5.28. The van der Waals surface area contributed by atoms with Gasteiger partial charge in [0.1, 0.15) is 18.6 Å². The van der Waals surface area contributed by atoms with Crippen molar-refractivity contribution in [3.8, 4) is 5.75 Å². The third kappa shape index (κ3) is 3.57. The maximum Gasteiger partial charge on any atom is 0.340 e. The first-order valence-electron chi connectivity index (χ1n) is 10.0. The Morgan fingerprint density at radius 2 is 2.07 bits per heavy atom. The number of hydrogen-bond acceptors (Lipinski definition) is 7. The van der Waals surface area contributed by atoms with Gasteiger partial charge in [-0.3, -0.25) is 4.79 Å². The molecule has 0 radical (unpaired) electrons. The van der Waals surface area contributed by atoms with Crippen molar-refractivity contribution >= 4 is 28.9 Å². The number of aryl methyl sites for hydroxylation is 1. The fraction of sp³-hybridized carbons (Fsp3) is 0.348. The number of aromatic hydroxyl groups is 1. The number of cyclic esters (lactones) is 1. The Bertz CT molecular complexity index is 1070. The van der Waals surface area contributed by atoms with Crippen LogP contribution >= 0.6 is 0 Å². The minimum Gasteiger partial charge on any atom is -0.508 e. The Labute approximate surface area is 175 Å². The summed E-state index contributed by atoms with van der Waals surface area (Å²) in [6, 6.07) is 5.08. The third-order valence-electron chi connectivity index (χ3n) is 5.28. The molecule has 1 aromatic carbocycles. The molecule has 0 aliphatic carbocycles. The highest BCUT2D eigenvalue weighted by molar-refractivity contribution is 5.91. The second kappa shape index (κ2) is 8.67. The van der Waals surface area contributed by atoms with E-state index in [1.165, 1.54) is 0 Å². The predicted octanol–water partition coefficient (Wildman–Crippen LogP) is 2.73. The fourth-order valence-electron chi connectivity index (χ4n) is 3.86. The van der Waals surface area contributed by atoms with Crippen LogP contribution in [0.3, 0.4) is 0 Å². The summed E-state index contributed by atoms with van der Waals surface area (Å²) in [6.07, 6.45) is 1.52. The number of benzene rings is 1. The van der Waals surface area contributed by atoms with Gasteiger partial charge in [-0.05, 0) is 36.3 Å². The highest BCUT2D eigenvalue weighted by Crippen LogP contribution is 2.38. The first-order valence-corrected chi connectivity index (χ1v) is 10.0. The zero-order valence-corrected chi connectivity index (χ0v) is 17.6. The fourth-order valence-corrected chi connectivity index (χ4v) is 3.86. The molecular weight excluding hydrogens is 384 g/mol. The van der Waals surface area contributed by atoms with Gasteiger partial charge in [0, 0.05) is 35.7 Å². The molecule has 3 heterocycles. The Kier molecular flexibility index (Phi) is 6.22. The number of aliphatic hydroxyl groups is 1. The van der Waals surface area contributed by atoms with Crippen molar-refractivity contribution in [1.82, 2.24) is 9.88 Å². The average molecular weight is 410 g/mol. The number of carbonyl (C=O) groups excluding carboxylic acids is 2. The van der Waals surface area contributed by atoms with Crippen LogP contribution in [-0.2, 0) is 27.3 Å². The van der Waals surface area contributed by atoms with Crippen molar-refractivity contribution in [1.29, 1.82) is 0 Å². The Morgan fingerprint density at radius 1 is 1.33 bits per heavy atom. The number of aliphatic hydroxyl groups excluding tert-OH is 1. The number of aromatic nitrogens is 1. The van der Waals surface area contributed by atoms with Gasteiger partial charge in [-0.1, -0.05) is 20.8 Å². The maximum absolute atomic E-state index is 11.8. The van der Waals surface area contributed by atoms with E-state index < -0.39 is 12.1 Å². The number of nitrogens with zero attached hydrogens (tertiary/aromatic N) is 2. The van der Waals surface area contributed by atoms with Gasteiger partial charge in [0.05, 0.1) is 16.9 Å². The number of esters is 1. The van der Waals surface area contributed by atoms with Gasteiger partial charge in [0.15, 0.2) is 6.10 Å². The van der Waals surface area contributed by atoms with E-state index in [1.54, 1.807) is 24.3 Å². The molecule has 4 rings (SSSR count). The summed E-state index contributed by atoms with van der Waals surface area (Å²) in [6.45, 7) is 6.50. The summed E-state index contributed by atoms with van der Waals surface area (Å²) >= 11 is 0. The Balaban J connectivity index is 0.00000124. The number of phenolic OH excluding ortho intramolecular Hbond substituents is 1. The maximum atomic E-state index is 11.8. The van der Waals surface area contributed by atoms with Crippen molar-refractivity contribution < 1.29 is 24.5 Å². The topological polar surface area (TPSA) is 100.0 Å². The molecule has 7 heteroatoms. The van der Waals surface area contributed by atoms with Gasteiger partial charge in [-0.25, -0.2) is 9.78 Å². The predicted molar refractivity (Wildman–Crippen MR) is 114 cm³/mol. The van der Waals surface area contributed by atoms with Crippen LogP contribution in [0.1, 0.15) is 37.6 Å². The molecule has 2 N–H and O–H groups in total. The summed E-state index contributed by atoms with van der Waals surface area (Å²) < 4.78 is 4.83. The van der Waals surface area contributed by atoms with E-state index in [-0.39, 0.29) is 23.5 Å². The minimum absolute atomic E-state index is 0.153. The molecule has 1 atom stereocenters. The number of rotatable bonds is 3.